The van der Waals surface area contributed by atoms with Gasteiger partial charge in [0.05, 0.1) is 11.3 Å². The van der Waals surface area contributed by atoms with Gasteiger partial charge < -0.3 is 4.90 Å². The van der Waals surface area contributed by atoms with Crippen LogP contribution in [0.4, 0.5) is 11.4 Å². The second-order valence-electron chi connectivity index (χ2n) is 5.40. The van der Waals surface area contributed by atoms with E-state index in [1.54, 1.807) is 0 Å². The maximum atomic E-state index is 9.28. The van der Waals surface area contributed by atoms with Gasteiger partial charge in [-0.3, -0.25) is 0 Å². The fourth-order valence-electron chi connectivity index (χ4n) is 2.68. The summed E-state index contributed by atoms with van der Waals surface area (Å²) in [5, 5.41) is 9.28. The van der Waals surface area contributed by atoms with Gasteiger partial charge in [0.2, 0.25) is 0 Å². The second kappa shape index (κ2) is 7.63. The number of benzene rings is 2. The molecular formula is C18H17BrClN3. The fourth-order valence-corrected chi connectivity index (χ4v) is 3.04. The molecule has 0 bridgehead atoms. The molecule has 1 fully saturated rings. The molecule has 0 unspecified atom stereocenters. The summed E-state index contributed by atoms with van der Waals surface area (Å²) in [6, 6.07) is 16.3. The van der Waals surface area contributed by atoms with E-state index in [4.69, 9.17) is 4.99 Å². The largest absolute Gasteiger partial charge is 0.330 e. The van der Waals surface area contributed by atoms with E-state index in [0.717, 1.165) is 35.4 Å². The van der Waals surface area contributed by atoms with Gasteiger partial charge in [0, 0.05) is 23.1 Å². The smallest absolute Gasteiger partial charge is 0.109 e. The Kier molecular flexibility index (Phi) is 5.81. The molecule has 0 aromatic heterocycles. The highest BCUT2D eigenvalue weighted by molar-refractivity contribution is 9.10. The van der Waals surface area contributed by atoms with Crippen LogP contribution in [-0.4, -0.2) is 12.4 Å². The number of amidine groups is 1. The van der Waals surface area contributed by atoms with Crippen LogP contribution in [-0.2, 0) is 0 Å². The summed E-state index contributed by atoms with van der Waals surface area (Å²) in [6.07, 6.45) is 2.03. The number of anilines is 1. The Hall–Kier alpha value is -1.83. The number of hydrogen-bond acceptors (Lipinski definition) is 2. The van der Waals surface area contributed by atoms with Gasteiger partial charge in [0.25, 0.3) is 0 Å². The number of hydrogen-bond donors (Lipinski definition) is 0. The number of rotatable bonds is 2. The minimum absolute atomic E-state index is 0. The zero-order valence-electron chi connectivity index (χ0n) is 12.8. The molecule has 0 N–H and O–H groups in total. The van der Waals surface area contributed by atoms with Crippen molar-refractivity contribution < 1.29 is 0 Å². The standard InChI is InChI=1S/C18H16BrN3.ClH/c1-13-4-2-5-16(10-13)22-9-3-6-18(22)21-17-8-7-15(19)11-14(17)12-20;/h2,4-5,7-8,10-11H,3,6,9H2,1H3;1H. The molecule has 3 nitrogen and oxygen atoms in total. The highest BCUT2D eigenvalue weighted by Gasteiger charge is 2.20. The van der Waals surface area contributed by atoms with Crippen LogP contribution in [0.1, 0.15) is 24.0 Å². The molecule has 2 aromatic carbocycles. The highest BCUT2D eigenvalue weighted by Crippen LogP contribution is 2.28. The molecule has 23 heavy (non-hydrogen) atoms. The van der Waals surface area contributed by atoms with Gasteiger partial charge >= 0.3 is 0 Å². The molecule has 0 atom stereocenters. The van der Waals surface area contributed by atoms with Crippen LogP contribution in [0.3, 0.4) is 0 Å². The molecular weight excluding hydrogens is 374 g/mol. The summed E-state index contributed by atoms with van der Waals surface area (Å²) in [4.78, 5) is 7.00. The van der Waals surface area contributed by atoms with Crippen LogP contribution in [0.5, 0.6) is 0 Å². The van der Waals surface area contributed by atoms with Gasteiger partial charge in [0.15, 0.2) is 0 Å². The lowest BCUT2D eigenvalue weighted by atomic mass is 10.2. The van der Waals surface area contributed by atoms with Crippen molar-refractivity contribution in [2.45, 2.75) is 19.8 Å². The first-order valence-corrected chi connectivity index (χ1v) is 8.08. The first-order chi connectivity index (χ1) is 10.7. The molecule has 0 radical (unpaired) electrons. The average molecular weight is 391 g/mol. The minimum Gasteiger partial charge on any atom is -0.330 e. The van der Waals surface area contributed by atoms with E-state index < -0.39 is 0 Å². The predicted octanol–water partition coefficient (Wildman–Crippen LogP) is 5.38. The fraction of sp³-hybridized carbons (Fsp3) is 0.222. The van der Waals surface area contributed by atoms with Crippen LogP contribution in [0.25, 0.3) is 0 Å². The highest BCUT2D eigenvalue weighted by atomic mass is 79.9. The van der Waals surface area contributed by atoms with Crippen molar-refractivity contribution in [3.8, 4) is 6.07 Å². The van der Waals surface area contributed by atoms with Crippen molar-refractivity contribution >= 4 is 45.5 Å². The maximum absolute atomic E-state index is 9.28. The normalized spacial score (nSPS) is 15.3. The molecule has 118 valence electrons. The predicted molar refractivity (Wildman–Crippen MR) is 101 cm³/mol. The Bertz CT molecular complexity index is 780. The molecule has 0 saturated carbocycles. The van der Waals surface area contributed by atoms with Crippen molar-refractivity contribution in [1.29, 1.82) is 5.26 Å². The summed E-state index contributed by atoms with van der Waals surface area (Å²) >= 11 is 3.40. The molecule has 1 aliphatic rings. The van der Waals surface area contributed by atoms with Crippen LogP contribution in [0.2, 0.25) is 0 Å². The van der Waals surface area contributed by atoms with E-state index >= 15 is 0 Å². The van der Waals surface area contributed by atoms with Crippen molar-refractivity contribution in [3.05, 3.63) is 58.1 Å². The van der Waals surface area contributed by atoms with Crippen LogP contribution in [0, 0.1) is 18.3 Å². The van der Waals surface area contributed by atoms with E-state index in [1.165, 1.54) is 11.3 Å². The molecule has 0 amide bonds. The summed E-state index contributed by atoms with van der Waals surface area (Å²) in [5.74, 6) is 1.03. The monoisotopic (exact) mass is 389 g/mol. The lowest BCUT2D eigenvalue weighted by Gasteiger charge is -2.19. The average Bonchev–Trinajstić information content (AvgIpc) is 2.97. The van der Waals surface area contributed by atoms with Gasteiger partial charge in [-0.1, -0.05) is 28.1 Å². The van der Waals surface area contributed by atoms with E-state index in [2.05, 4.69) is 58.1 Å². The summed E-state index contributed by atoms with van der Waals surface area (Å²) < 4.78 is 0.898. The van der Waals surface area contributed by atoms with E-state index in [-0.39, 0.29) is 12.4 Å². The number of nitrogens with zero attached hydrogens (tertiary/aromatic N) is 3. The Morgan fingerprint density at radius 3 is 2.78 bits per heavy atom. The Morgan fingerprint density at radius 1 is 1.22 bits per heavy atom. The third-order valence-electron chi connectivity index (χ3n) is 3.74. The molecule has 5 heteroatoms. The van der Waals surface area contributed by atoms with Crippen molar-refractivity contribution in [1.82, 2.24) is 0 Å². The Morgan fingerprint density at radius 2 is 2.04 bits per heavy atom. The number of nitriles is 1. The van der Waals surface area contributed by atoms with Gasteiger partial charge in [-0.05, 0) is 49.2 Å². The van der Waals surface area contributed by atoms with Gasteiger partial charge in [-0.15, -0.1) is 12.4 Å². The first-order valence-electron chi connectivity index (χ1n) is 7.29. The molecule has 0 aliphatic carbocycles. The molecule has 2 aromatic rings. The summed E-state index contributed by atoms with van der Waals surface area (Å²) in [6.45, 7) is 3.07. The zero-order valence-corrected chi connectivity index (χ0v) is 15.2. The first kappa shape index (κ1) is 17.5. The van der Waals surface area contributed by atoms with E-state index in [0.29, 0.717) is 5.56 Å². The number of aryl methyl sites for hydroxylation is 1. The molecule has 3 rings (SSSR count). The molecule has 1 aliphatic heterocycles. The van der Waals surface area contributed by atoms with Crippen molar-refractivity contribution in [2.75, 3.05) is 11.4 Å². The quantitative estimate of drug-likeness (QED) is 0.690. The second-order valence-corrected chi connectivity index (χ2v) is 6.31. The Balaban J connectivity index is 0.00000192. The number of halogens is 2. The SMILES string of the molecule is Cc1cccc(N2CCCC2=Nc2ccc(Br)cc2C#N)c1.Cl. The molecule has 1 heterocycles. The van der Waals surface area contributed by atoms with Gasteiger partial charge in [0.1, 0.15) is 11.9 Å². The third kappa shape index (κ3) is 3.93. The third-order valence-corrected chi connectivity index (χ3v) is 4.23. The maximum Gasteiger partial charge on any atom is 0.109 e. The van der Waals surface area contributed by atoms with Crippen molar-refractivity contribution in [2.24, 2.45) is 4.99 Å². The van der Waals surface area contributed by atoms with E-state index in [1.807, 2.05) is 18.2 Å². The van der Waals surface area contributed by atoms with Crippen LogP contribution < -0.4 is 4.90 Å². The Labute approximate surface area is 151 Å². The zero-order chi connectivity index (χ0) is 15.5. The van der Waals surface area contributed by atoms with Crippen LogP contribution >= 0.6 is 28.3 Å². The summed E-state index contributed by atoms with van der Waals surface area (Å²) in [5.41, 5.74) is 3.75. The lowest BCUT2D eigenvalue weighted by molar-refractivity contribution is 0.956. The lowest BCUT2D eigenvalue weighted by Crippen LogP contribution is -2.24. The molecule has 0 spiro atoms. The van der Waals surface area contributed by atoms with Crippen LogP contribution in [0.15, 0.2) is 51.9 Å². The summed E-state index contributed by atoms with van der Waals surface area (Å²) in [7, 11) is 0. The molecule has 1 saturated heterocycles. The topological polar surface area (TPSA) is 39.4 Å². The van der Waals surface area contributed by atoms with Gasteiger partial charge in [-0.2, -0.15) is 5.26 Å². The number of aliphatic imine (C=N–C) groups is 1. The van der Waals surface area contributed by atoms with E-state index in [9.17, 15) is 5.26 Å². The van der Waals surface area contributed by atoms with Crippen molar-refractivity contribution in [3.63, 3.8) is 0 Å². The minimum atomic E-state index is 0. The van der Waals surface area contributed by atoms with Gasteiger partial charge in [-0.25, -0.2) is 4.99 Å².